The zero-order valence-electron chi connectivity index (χ0n) is 6.77. The van der Waals surface area contributed by atoms with E-state index in [2.05, 4.69) is 6.92 Å². The number of hydrogen-bond donors (Lipinski definition) is 2. The van der Waals surface area contributed by atoms with E-state index in [1.54, 1.807) is 0 Å². The van der Waals surface area contributed by atoms with Crippen LogP contribution in [0, 0.1) is 5.92 Å². The van der Waals surface area contributed by atoms with Crippen molar-refractivity contribution in [3.05, 3.63) is 0 Å². The van der Waals surface area contributed by atoms with Crippen LogP contribution in [-0.4, -0.2) is 12.1 Å². The van der Waals surface area contributed by atoms with Crippen LogP contribution < -0.4 is 11.5 Å². The smallest absolute Gasteiger partial charge is 0.0129 e. The highest BCUT2D eigenvalue weighted by Crippen LogP contribution is 2.29. The summed E-state index contributed by atoms with van der Waals surface area (Å²) >= 11 is 0. The van der Waals surface area contributed by atoms with Crippen molar-refractivity contribution in [2.75, 3.05) is 6.54 Å². The fourth-order valence-electron chi connectivity index (χ4n) is 1.86. The SMILES string of the molecule is CC1(N)CCCC(CN)C1. The fraction of sp³-hybridized carbons (Fsp3) is 1.00. The van der Waals surface area contributed by atoms with Crippen LogP contribution in [0.1, 0.15) is 32.6 Å². The molecule has 60 valence electrons. The van der Waals surface area contributed by atoms with Gasteiger partial charge in [-0.25, -0.2) is 0 Å². The van der Waals surface area contributed by atoms with Gasteiger partial charge in [-0.3, -0.25) is 0 Å². The van der Waals surface area contributed by atoms with Crippen molar-refractivity contribution < 1.29 is 0 Å². The average molecular weight is 142 g/mol. The first-order chi connectivity index (χ1) is 4.64. The molecule has 0 amide bonds. The van der Waals surface area contributed by atoms with E-state index in [1.807, 2.05) is 0 Å². The molecule has 0 spiro atoms. The number of rotatable bonds is 1. The van der Waals surface area contributed by atoms with Crippen molar-refractivity contribution in [1.82, 2.24) is 0 Å². The van der Waals surface area contributed by atoms with Gasteiger partial charge in [0.25, 0.3) is 0 Å². The first-order valence-electron chi connectivity index (χ1n) is 4.13. The first kappa shape index (κ1) is 8.02. The molecule has 0 saturated heterocycles. The van der Waals surface area contributed by atoms with Gasteiger partial charge in [0.05, 0.1) is 0 Å². The molecular weight excluding hydrogens is 124 g/mol. The molecule has 0 heterocycles. The Morgan fingerprint density at radius 3 is 2.70 bits per heavy atom. The van der Waals surface area contributed by atoms with Crippen LogP contribution in [0.5, 0.6) is 0 Å². The quantitative estimate of drug-likeness (QED) is 0.570. The third kappa shape index (κ3) is 1.96. The summed E-state index contributed by atoms with van der Waals surface area (Å²) in [5.74, 6) is 0.684. The van der Waals surface area contributed by atoms with Crippen LogP contribution in [0.4, 0.5) is 0 Å². The molecule has 0 aromatic rings. The van der Waals surface area contributed by atoms with Gasteiger partial charge in [-0.1, -0.05) is 6.42 Å². The van der Waals surface area contributed by atoms with Gasteiger partial charge < -0.3 is 11.5 Å². The van der Waals surface area contributed by atoms with Crippen LogP contribution in [0.25, 0.3) is 0 Å². The largest absolute Gasteiger partial charge is 0.330 e. The lowest BCUT2D eigenvalue weighted by molar-refractivity contribution is 0.247. The summed E-state index contributed by atoms with van der Waals surface area (Å²) in [7, 11) is 0. The van der Waals surface area contributed by atoms with Gasteiger partial charge in [0.1, 0.15) is 0 Å². The maximum Gasteiger partial charge on any atom is 0.0129 e. The average Bonchev–Trinajstić information content (AvgIpc) is 1.86. The van der Waals surface area contributed by atoms with Gasteiger partial charge in [0.2, 0.25) is 0 Å². The minimum Gasteiger partial charge on any atom is -0.330 e. The Morgan fingerprint density at radius 1 is 1.60 bits per heavy atom. The van der Waals surface area contributed by atoms with E-state index in [1.165, 1.54) is 19.3 Å². The third-order valence-corrected chi connectivity index (χ3v) is 2.45. The lowest BCUT2D eigenvalue weighted by Crippen LogP contribution is -2.42. The molecule has 2 unspecified atom stereocenters. The second kappa shape index (κ2) is 2.89. The lowest BCUT2D eigenvalue weighted by Gasteiger charge is -2.34. The Hall–Kier alpha value is -0.0800. The number of nitrogens with two attached hydrogens (primary N) is 2. The third-order valence-electron chi connectivity index (χ3n) is 2.45. The van der Waals surface area contributed by atoms with Crippen LogP contribution in [0.15, 0.2) is 0 Å². The van der Waals surface area contributed by atoms with Crippen molar-refractivity contribution in [2.24, 2.45) is 17.4 Å². The highest BCUT2D eigenvalue weighted by Gasteiger charge is 2.27. The van der Waals surface area contributed by atoms with E-state index in [0.717, 1.165) is 13.0 Å². The summed E-state index contributed by atoms with van der Waals surface area (Å²) in [6.45, 7) is 2.95. The normalized spacial score (nSPS) is 41.7. The molecule has 1 aliphatic carbocycles. The first-order valence-corrected chi connectivity index (χ1v) is 4.13. The van der Waals surface area contributed by atoms with Crippen molar-refractivity contribution in [1.29, 1.82) is 0 Å². The molecule has 0 radical (unpaired) electrons. The molecule has 1 saturated carbocycles. The predicted molar refractivity (Wildman–Crippen MR) is 43.6 cm³/mol. The van der Waals surface area contributed by atoms with Crippen molar-refractivity contribution in [3.8, 4) is 0 Å². The summed E-state index contributed by atoms with van der Waals surface area (Å²) in [5, 5.41) is 0. The number of hydrogen-bond acceptors (Lipinski definition) is 2. The standard InChI is InChI=1S/C8H18N2/c1-8(10)4-2-3-7(5-8)6-9/h7H,2-6,9-10H2,1H3. The molecule has 1 fully saturated rings. The Labute approximate surface area is 63.0 Å². The van der Waals surface area contributed by atoms with Gasteiger partial charge in [-0.05, 0) is 38.6 Å². The highest BCUT2D eigenvalue weighted by molar-refractivity contribution is 4.86. The van der Waals surface area contributed by atoms with Gasteiger partial charge in [0, 0.05) is 5.54 Å². The molecule has 0 bridgehead atoms. The van der Waals surface area contributed by atoms with Gasteiger partial charge in [0.15, 0.2) is 0 Å². The van der Waals surface area contributed by atoms with Crippen molar-refractivity contribution >= 4 is 0 Å². The second-order valence-electron chi connectivity index (χ2n) is 3.85. The molecule has 0 aliphatic heterocycles. The topological polar surface area (TPSA) is 52.0 Å². The molecule has 0 aromatic heterocycles. The molecule has 10 heavy (non-hydrogen) atoms. The highest BCUT2D eigenvalue weighted by atomic mass is 14.7. The van der Waals surface area contributed by atoms with E-state index < -0.39 is 0 Å². The predicted octanol–water partition coefficient (Wildman–Crippen LogP) is 0.853. The molecule has 0 aromatic carbocycles. The van der Waals surface area contributed by atoms with E-state index in [9.17, 15) is 0 Å². The monoisotopic (exact) mass is 142 g/mol. The molecule has 4 N–H and O–H groups in total. The van der Waals surface area contributed by atoms with E-state index in [4.69, 9.17) is 11.5 Å². The Morgan fingerprint density at radius 2 is 2.30 bits per heavy atom. The lowest BCUT2D eigenvalue weighted by atomic mass is 9.78. The maximum atomic E-state index is 5.99. The molecular formula is C8H18N2. The van der Waals surface area contributed by atoms with Crippen LogP contribution in [-0.2, 0) is 0 Å². The summed E-state index contributed by atoms with van der Waals surface area (Å²) in [6, 6.07) is 0. The van der Waals surface area contributed by atoms with Crippen molar-refractivity contribution in [3.63, 3.8) is 0 Å². The zero-order valence-corrected chi connectivity index (χ0v) is 6.77. The molecule has 2 nitrogen and oxygen atoms in total. The van der Waals surface area contributed by atoms with E-state index in [-0.39, 0.29) is 5.54 Å². The van der Waals surface area contributed by atoms with Gasteiger partial charge >= 0.3 is 0 Å². The van der Waals surface area contributed by atoms with Gasteiger partial charge in [-0.2, -0.15) is 0 Å². The Bertz CT molecular complexity index is 110. The molecule has 1 rings (SSSR count). The molecule has 2 heteroatoms. The summed E-state index contributed by atoms with van der Waals surface area (Å²) < 4.78 is 0. The maximum absolute atomic E-state index is 5.99. The summed E-state index contributed by atoms with van der Waals surface area (Å²) in [5.41, 5.74) is 11.6. The summed E-state index contributed by atoms with van der Waals surface area (Å²) in [4.78, 5) is 0. The Kier molecular flexibility index (Phi) is 2.32. The van der Waals surface area contributed by atoms with Crippen molar-refractivity contribution in [2.45, 2.75) is 38.1 Å². The van der Waals surface area contributed by atoms with E-state index in [0.29, 0.717) is 5.92 Å². The van der Waals surface area contributed by atoms with Crippen LogP contribution >= 0.6 is 0 Å². The Balaban J connectivity index is 2.40. The minimum absolute atomic E-state index is 0.0717. The van der Waals surface area contributed by atoms with E-state index >= 15 is 0 Å². The fourth-order valence-corrected chi connectivity index (χ4v) is 1.86. The minimum atomic E-state index is 0.0717. The van der Waals surface area contributed by atoms with Gasteiger partial charge in [-0.15, -0.1) is 0 Å². The molecule has 1 aliphatic rings. The zero-order chi connectivity index (χ0) is 7.61. The van der Waals surface area contributed by atoms with Crippen LogP contribution in [0.3, 0.4) is 0 Å². The second-order valence-corrected chi connectivity index (χ2v) is 3.85. The summed E-state index contributed by atoms with van der Waals surface area (Å²) in [6.07, 6.45) is 4.82. The molecule has 2 atom stereocenters. The van der Waals surface area contributed by atoms with Crippen LogP contribution in [0.2, 0.25) is 0 Å².